The molecule has 6 heteroatoms. The second-order valence-electron chi connectivity index (χ2n) is 6.36. The molecule has 0 aromatic carbocycles. The number of carbonyl (C=O) groups is 1. The van der Waals surface area contributed by atoms with Gasteiger partial charge < -0.3 is 10.2 Å². The van der Waals surface area contributed by atoms with E-state index < -0.39 is 0 Å². The minimum Gasteiger partial charge on any atom is -0.355 e. The van der Waals surface area contributed by atoms with E-state index in [9.17, 15) is 4.79 Å². The maximum Gasteiger partial charge on any atom is 0.234 e. The lowest BCUT2D eigenvalue weighted by Gasteiger charge is -2.34. The van der Waals surface area contributed by atoms with Gasteiger partial charge in [-0.05, 0) is 37.1 Å². The molecule has 0 bridgehead atoms. The highest BCUT2D eigenvalue weighted by atomic mass is 16.2. The summed E-state index contributed by atoms with van der Waals surface area (Å²) in [4.78, 5) is 25.2. The van der Waals surface area contributed by atoms with Crippen molar-refractivity contribution < 1.29 is 4.79 Å². The highest BCUT2D eigenvalue weighted by Crippen LogP contribution is 2.12. The molecule has 1 fully saturated rings. The molecular formula is C19H25N5O. The molecule has 0 unspecified atom stereocenters. The lowest BCUT2D eigenvalue weighted by Crippen LogP contribution is -2.49. The number of anilines is 1. The Hall–Kier alpha value is -2.47. The summed E-state index contributed by atoms with van der Waals surface area (Å²) in [6.07, 6.45) is 4.50. The molecule has 1 saturated heterocycles. The first kappa shape index (κ1) is 17.4. The number of amides is 1. The van der Waals surface area contributed by atoms with Crippen LogP contribution in [-0.2, 0) is 11.2 Å². The van der Waals surface area contributed by atoms with E-state index in [0.717, 1.165) is 49.7 Å². The van der Waals surface area contributed by atoms with Crippen molar-refractivity contribution in [1.29, 1.82) is 0 Å². The first-order valence-corrected chi connectivity index (χ1v) is 8.77. The van der Waals surface area contributed by atoms with Gasteiger partial charge >= 0.3 is 0 Å². The summed E-state index contributed by atoms with van der Waals surface area (Å²) in [5, 5.41) is 3.00. The Kier molecular flexibility index (Phi) is 5.95. The number of aromatic nitrogens is 2. The summed E-state index contributed by atoms with van der Waals surface area (Å²) in [5.41, 5.74) is 2.16. The van der Waals surface area contributed by atoms with Crippen molar-refractivity contribution in [1.82, 2.24) is 20.2 Å². The number of hydrogen-bond donors (Lipinski definition) is 1. The Morgan fingerprint density at radius 2 is 1.96 bits per heavy atom. The Morgan fingerprint density at radius 1 is 1.12 bits per heavy atom. The fourth-order valence-corrected chi connectivity index (χ4v) is 2.93. The Morgan fingerprint density at radius 3 is 2.64 bits per heavy atom. The SMILES string of the molecule is Cc1ccc(CCNC(=O)CN2CCN(c3ccccn3)CC2)cn1. The molecule has 0 atom stereocenters. The van der Waals surface area contributed by atoms with Gasteiger partial charge in [0, 0.05) is 50.8 Å². The molecular weight excluding hydrogens is 314 g/mol. The zero-order valence-electron chi connectivity index (χ0n) is 14.7. The molecule has 1 amide bonds. The van der Waals surface area contributed by atoms with Gasteiger partial charge in [0.15, 0.2) is 0 Å². The summed E-state index contributed by atoms with van der Waals surface area (Å²) < 4.78 is 0. The van der Waals surface area contributed by atoms with Gasteiger partial charge in [0.05, 0.1) is 6.54 Å². The molecule has 0 aliphatic carbocycles. The first-order valence-electron chi connectivity index (χ1n) is 8.77. The van der Waals surface area contributed by atoms with E-state index in [0.29, 0.717) is 13.1 Å². The molecule has 1 aliphatic rings. The number of hydrogen-bond acceptors (Lipinski definition) is 5. The van der Waals surface area contributed by atoms with E-state index >= 15 is 0 Å². The van der Waals surface area contributed by atoms with Crippen molar-refractivity contribution in [2.24, 2.45) is 0 Å². The van der Waals surface area contributed by atoms with Crippen LogP contribution in [0.25, 0.3) is 0 Å². The van der Waals surface area contributed by atoms with Crippen molar-refractivity contribution in [2.75, 3.05) is 44.2 Å². The third-order valence-electron chi connectivity index (χ3n) is 4.42. The van der Waals surface area contributed by atoms with Crippen LogP contribution in [0.2, 0.25) is 0 Å². The fraction of sp³-hybridized carbons (Fsp3) is 0.421. The minimum atomic E-state index is 0.0892. The van der Waals surface area contributed by atoms with Gasteiger partial charge in [-0.25, -0.2) is 4.98 Å². The average molecular weight is 339 g/mol. The molecule has 1 N–H and O–H groups in total. The molecule has 2 aromatic rings. The van der Waals surface area contributed by atoms with Crippen LogP contribution in [-0.4, -0.2) is 60.0 Å². The van der Waals surface area contributed by atoms with Gasteiger partial charge in [-0.2, -0.15) is 0 Å². The van der Waals surface area contributed by atoms with Crippen molar-refractivity contribution in [3.05, 3.63) is 54.0 Å². The van der Waals surface area contributed by atoms with Crippen LogP contribution in [0.3, 0.4) is 0 Å². The Labute approximate surface area is 148 Å². The molecule has 132 valence electrons. The highest BCUT2D eigenvalue weighted by Gasteiger charge is 2.19. The second-order valence-corrected chi connectivity index (χ2v) is 6.36. The Balaban J connectivity index is 1.35. The lowest BCUT2D eigenvalue weighted by atomic mass is 10.2. The quantitative estimate of drug-likeness (QED) is 0.859. The zero-order chi connectivity index (χ0) is 17.5. The van der Waals surface area contributed by atoms with Gasteiger partial charge in [-0.3, -0.25) is 14.7 Å². The smallest absolute Gasteiger partial charge is 0.234 e. The second kappa shape index (κ2) is 8.58. The number of pyridine rings is 2. The standard InChI is InChI=1S/C19H25N5O/c1-16-5-6-17(14-22-16)7-9-21-19(25)15-23-10-12-24(13-11-23)18-4-2-3-8-20-18/h2-6,8,14H,7,9-13,15H2,1H3,(H,21,25). The third kappa shape index (κ3) is 5.26. The van der Waals surface area contributed by atoms with Crippen molar-refractivity contribution in [3.8, 4) is 0 Å². The number of aryl methyl sites for hydroxylation is 1. The minimum absolute atomic E-state index is 0.0892. The van der Waals surface area contributed by atoms with Crippen molar-refractivity contribution in [2.45, 2.75) is 13.3 Å². The van der Waals surface area contributed by atoms with E-state index in [4.69, 9.17) is 0 Å². The topological polar surface area (TPSA) is 61.4 Å². The summed E-state index contributed by atoms with van der Waals surface area (Å²) in [7, 11) is 0. The molecule has 1 aliphatic heterocycles. The number of carbonyl (C=O) groups excluding carboxylic acids is 1. The van der Waals surface area contributed by atoms with E-state index in [2.05, 4.69) is 31.2 Å². The molecule has 0 spiro atoms. The maximum absolute atomic E-state index is 12.1. The van der Waals surface area contributed by atoms with Crippen LogP contribution in [0, 0.1) is 6.92 Å². The summed E-state index contributed by atoms with van der Waals surface area (Å²) in [6, 6.07) is 10.0. The van der Waals surface area contributed by atoms with Gasteiger partial charge in [0.1, 0.15) is 5.82 Å². The van der Waals surface area contributed by atoms with E-state index in [1.54, 1.807) is 0 Å². The van der Waals surface area contributed by atoms with Crippen LogP contribution in [0.4, 0.5) is 5.82 Å². The van der Waals surface area contributed by atoms with Crippen LogP contribution in [0.15, 0.2) is 42.7 Å². The monoisotopic (exact) mass is 339 g/mol. The molecule has 3 rings (SSSR count). The number of nitrogens with one attached hydrogen (secondary N) is 1. The predicted molar refractivity (Wildman–Crippen MR) is 98.6 cm³/mol. The predicted octanol–water partition coefficient (Wildman–Crippen LogP) is 1.27. The molecule has 3 heterocycles. The molecule has 25 heavy (non-hydrogen) atoms. The van der Waals surface area contributed by atoms with Crippen molar-refractivity contribution in [3.63, 3.8) is 0 Å². The third-order valence-corrected chi connectivity index (χ3v) is 4.42. The van der Waals surface area contributed by atoms with Crippen LogP contribution in [0.5, 0.6) is 0 Å². The van der Waals surface area contributed by atoms with Crippen LogP contribution >= 0.6 is 0 Å². The number of nitrogens with zero attached hydrogens (tertiary/aromatic N) is 4. The van der Waals surface area contributed by atoms with E-state index in [1.807, 2.05) is 43.6 Å². The van der Waals surface area contributed by atoms with Gasteiger partial charge in [-0.1, -0.05) is 12.1 Å². The molecule has 2 aromatic heterocycles. The first-order chi connectivity index (χ1) is 12.2. The van der Waals surface area contributed by atoms with E-state index in [-0.39, 0.29) is 5.91 Å². The fourth-order valence-electron chi connectivity index (χ4n) is 2.93. The summed E-state index contributed by atoms with van der Waals surface area (Å²) in [5.74, 6) is 1.10. The largest absolute Gasteiger partial charge is 0.355 e. The van der Waals surface area contributed by atoms with Gasteiger partial charge in [0.25, 0.3) is 0 Å². The highest BCUT2D eigenvalue weighted by molar-refractivity contribution is 5.78. The number of piperazine rings is 1. The lowest BCUT2D eigenvalue weighted by molar-refractivity contribution is -0.122. The summed E-state index contributed by atoms with van der Waals surface area (Å²) in [6.45, 7) is 6.65. The van der Waals surface area contributed by atoms with Crippen LogP contribution < -0.4 is 10.2 Å². The normalized spacial score (nSPS) is 15.2. The maximum atomic E-state index is 12.1. The van der Waals surface area contributed by atoms with Gasteiger partial charge in [-0.15, -0.1) is 0 Å². The number of rotatable bonds is 6. The Bertz CT molecular complexity index is 666. The molecule has 0 saturated carbocycles. The average Bonchev–Trinajstić information content (AvgIpc) is 2.65. The summed E-state index contributed by atoms with van der Waals surface area (Å²) >= 11 is 0. The zero-order valence-corrected chi connectivity index (χ0v) is 14.7. The van der Waals surface area contributed by atoms with Crippen LogP contribution in [0.1, 0.15) is 11.3 Å². The van der Waals surface area contributed by atoms with Gasteiger partial charge in [0.2, 0.25) is 5.91 Å². The molecule has 0 radical (unpaired) electrons. The van der Waals surface area contributed by atoms with Crippen molar-refractivity contribution >= 4 is 11.7 Å². The molecule has 6 nitrogen and oxygen atoms in total. The van der Waals surface area contributed by atoms with E-state index in [1.165, 1.54) is 0 Å².